The fourth-order valence-electron chi connectivity index (χ4n) is 2.62. The summed E-state index contributed by atoms with van der Waals surface area (Å²) in [5.74, 6) is -2.07. The highest BCUT2D eigenvalue weighted by Crippen LogP contribution is 2.27. The number of hydrogen-bond acceptors (Lipinski definition) is 6. The largest absolute Gasteiger partial charge is 0.480 e. The van der Waals surface area contributed by atoms with E-state index in [-0.39, 0.29) is 25.3 Å². The SMILES string of the molecule is CC(C)(C)OC(=O)N1CCN(c2ccc([N+](=O)[O-])cc2F)C[C@H]1C(=O)O. The monoisotopic (exact) mass is 369 g/mol. The van der Waals surface area contributed by atoms with Crippen molar-refractivity contribution in [3.8, 4) is 0 Å². The molecule has 0 bridgehead atoms. The van der Waals surface area contributed by atoms with E-state index in [0.717, 1.165) is 17.0 Å². The van der Waals surface area contributed by atoms with Gasteiger partial charge in [0.2, 0.25) is 0 Å². The lowest BCUT2D eigenvalue weighted by Crippen LogP contribution is -2.59. The molecule has 0 saturated carbocycles. The third-order valence-corrected chi connectivity index (χ3v) is 3.78. The number of benzene rings is 1. The number of halogens is 1. The maximum Gasteiger partial charge on any atom is 0.411 e. The number of carbonyl (C=O) groups is 2. The number of carboxylic acid groups (broad SMARTS) is 1. The first-order valence-electron chi connectivity index (χ1n) is 7.91. The summed E-state index contributed by atoms with van der Waals surface area (Å²) in [5.41, 5.74) is -1.12. The number of nitro benzene ring substituents is 1. The highest BCUT2D eigenvalue weighted by molar-refractivity contribution is 5.81. The molecule has 0 unspecified atom stereocenters. The van der Waals surface area contributed by atoms with Crippen molar-refractivity contribution in [2.45, 2.75) is 32.4 Å². The number of anilines is 1. The molecule has 10 heteroatoms. The van der Waals surface area contributed by atoms with Crippen molar-refractivity contribution in [1.82, 2.24) is 4.90 Å². The van der Waals surface area contributed by atoms with Crippen LogP contribution < -0.4 is 4.90 Å². The van der Waals surface area contributed by atoms with E-state index in [0.29, 0.717) is 0 Å². The van der Waals surface area contributed by atoms with Gasteiger partial charge >= 0.3 is 12.1 Å². The molecule has 2 rings (SSSR count). The fourth-order valence-corrected chi connectivity index (χ4v) is 2.62. The molecule has 0 aliphatic carbocycles. The molecule has 1 heterocycles. The van der Waals surface area contributed by atoms with Gasteiger partial charge < -0.3 is 14.7 Å². The quantitative estimate of drug-likeness (QED) is 0.642. The molecule has 1 saturated heterocycles. The van der Waals surface area contributed by atoms with E-state index in [2.05, 4.69) is 0 Å². The summed E-state index contributed by atoms with van der Waals surface area (Å²) >= 11 is 0. The average Bonchev–Trinajstić information content (AvgIpc) is 2.52. The highest BCUT2D eigenvalue weighted by Gasteiger charge is 2.38. The molecule has 0 spiro atoms. The first-order valence-corrected chi connectivity index (χ1v) is 7.91. The lowest BCUT2D eigenvalue weighted by atomic mass is 10.1. The molecule has 1 amide bonds. The van der Waals surface area contributed by atoms with Crippen molar-refractivity contribution in [2.75, 3.05) is 24.5 Å². The van der Waals surface area contributed by atoms with Gasteiger partial charge in [0, 0.05) is 25.7 Å². The molecule has 1 aliphatic heterocycles. The molecular formula is C16H20FN3O6. The van der Waals surface area contributed by atoms with Gasteiger partial charge in [-0.15, -0.1) is 0 Å². The minimum absolute atomic E-state index is 0.0162. The molecule has 26 heavy (non-hydrogen) atoms. The number of rotatable bonds is 3. The topological polar surface area (TPSA) is 113 Å². The van der Waals surface area contributed by atoms with Gasteiger partial charge in [-0.25, -0.2) is 14.0 Å². The predicted molar refractivity (Wildman–Crippen MR) is 89.6 cm³/mol. The van der Waals surface area contributed by atoms with Gasteiger partial charge in [-0.3, -0.25) is 15.0 Å². The molecule has 9 nitrogen and oxygen atoms in total. The van der Waals surface area contributed by atoms with Crippen LogP contribution >= 0.6 is 0 Å². The number of hydrogen-bond donors (Lipinski definition) is 1. The average molecular weight is 369 g/mol. The number of nitro groups is 1. The first kappa shape index (κ1) is 19.4. The molecule has 1 N–H and O–H groups in total. The fraction of sp³-hybridized carbons (Fsp3) is 0.500. The molecule has 0 radical (unpaired) electrons. The number of non-ortho nitro benzene ring substituents is 1. The third kappa shape index (κ3) is 4.38. The number of ether oxygens (including phenoxy) is 1. The Morgan fingerprint density at radius 3 is 2.50 bits per heavy atom. The Labute approximate surface area is 149 Å². The number of carbonyl (C=O) groups excluding carboxylic acids is 1. The van der Waals surface area contributed by atoms with E-state index in [1.165, 1.54) is 11.0 Å². The standard InChI is InChI=1S/C16H20FN3O6/c1-16(2,3)26-15(23)19-7-6-18(9-13(19)14(21)22)12-5-4-10(20(24)25)8-11(12)17/h4-5,8,13H,6-7,9H2,1-3H3,(H,21,22)/t13-/m0/s1. The number of aliphatic carboxylic acids is 1. The lowest BCUT2D eigenvalue weighted by Gasteiger charge is -2.40. The second kappa shape index (κ2) is 7.14. The zero-order valence-corrected chi connectivity index (χ0v) is 14.6. The van der Waals surface area contributed by atoms with Crippen LogP contribution in [0.2, 0.25) is 0 Å². The molecular weight excluding hydrogens is 349 g/mol. The van der Waals surface area contributed by atoms with E-state index in [1.54, 1.807) is 20.8 Å². The van der Waals surface area contributed by atoms with Gasteiger partial charge in [-0.2, -0.15) is 0 Å². The molecule has 1 atom stereocenters. The second-order valence-corrected chi connectivity index (χ2v) is 6.87. The van der Waals surface area contributed by atoms with Crippen LogP contribution in [0.3, 0.4) is 0 Å². The summed E-state index contributed by atoms with van der Waals surface area (Å²) in [6, 6.07) is 1.93. The number of nitrogens with zero attached hydrogens (tertiary/aromatic N) is 3. The Morgan fingerprint density at radius 2 is 2.00 bits per heavy atom. The maximum absolute atomic E-state index is 14.2. The summed E-state index contributed by atoms with van der Waals surface area (Å²) in [4.78, 5) is 36.3. The minimum atomic E-state index is -1.25. The lowest BCUT2D eigenvalue weighted by molar-refractivity contribution is -0.385. The minimum Gasteiger partial charge on any atom is -0.480 e. The first-order chi connectivity index (χ1) is 12.0. The van der Waals surface area contributed by atoms with Crippen molar-refractivity contribution in [3.05, 3.63) is 34.1 Å². The van der Waals surface area contributed by atoms with Crippen molar-refractivity contribution in [3.63, 3.8) is 0 Å². The zero-order chi connectivity index (χ0) is 19.6. The van der Waals surface area contributed by atoms with Gasteiger partial charge in [0.25, 0.3) is 5.69 Å². The van der Waals surface area contributed by atoms with Crippen LogP contribution in [0.25, 0.3) is 0 Å². The molecule has 1 aromatic rings. The van der Waals surface area contributed by atoms with E-state index in [4.69, 9.17) is 4.74 Å². The van der Waals surface area contributed by atoms with Crippen LogP contribution in [0.4, 0.5) is 20.6 Å². The highest BCUT2D eigenvalue weighted by atomic mass is 19.1. The van der Waals surface area contributed by atoms with Crippen LogP contribution in [0.5, 0.6) is 0 Å². The Hall–Kier alpha value is -2.91. The van der Waals surface area contributed by atoms with Crippen molar-refractivity contribution < 1.29 is 28.7 Å². The van der Waals surface area contributed by atoms with Gasteiger partial charge in [0.05, 0.1) is 16.7 Å². The van der Waals surface area contributed by atoms with Crippen LogP contribution in [0.15, 0.2) is 18.2 Å². The summed E-state index contributed by atoms with van der Waals surface area (Å²) < 4.78 is 19.4. The Kier molecular flexibility index (Phi) is 5.33. The van der Waals surface area contributed by atoms with Crippen LogP contribution in [0.1, 0.15) is 20.8 Å². The molecule has 142 valence electrons. The Balaban J connectivity index is 2.21. The van der Waals surface area contributed by atoms with E-state index in [9.17, 15) is 29.2 Å². The van der Waals surface area contributed by atoms with Crippen molar-refractivity contribution in [1.29, 1.82) is 0 Å². The third-order valence-electron chi connectivity index (χ3n) is 3.78. The number of carboxylic acids is 1. The van der Waals surface area contributed by atoms with E-state index in [1.807, 2.05) is 0 Å². The van der Waals surface area contributed by atoms with Crippen LogP contribution in [-0.4, -0.2) is 58.3 Å². The Bertz CT molecular complexity index is 733. The molecule has 1 fully saturated rings. The second-order valence-electron chi connectivity index (χ2n) is 6.87. The predicted octanol–water partition coefficient (Wildman–Crippen LogP) is 2.24. The van der Waals surface area contributed by atoms with Crippen molar-refractivity contribution in [2.24, 2.45) is 0 Å². The zero-order valence-electron chi connectivity index (χ0n) is 14.6. The molecule has 1 aromatic carbocycles. The summed E-state index contributed by atoms with van der Waals surface area (Å²) in [5, 5.41) is 20.2. The Morgan fingerprint density at radius 1 is 1.35 bits per heavy atom. The van der Waals surface area contributed by atoms with Gasteiger partial charge in [-0.05, 0) is 26.8 Å². The summed E-state index contributed by atoms with van der Waals surface area (Å²) in [6.45, 7) is 5.03. The van der Waals surface area contributed by atoms with Crippen LogP contribution in [0, 0.1) is 15.9 Å². The molecule has 1 aliphatic rings. The van der Waals surface area contributed by atoms with Gasteiger partial charge in [0.15, 0.2) is 5.82 Å². The number of amides is 1. The summed E-state index contributed by atoms with van der Waals surface area (Å²) in [7, 11) is 0. The smallest absolute Gasteiger partial charge is 0.411 e. The summed E-state index contributed by atoms with van der Waals surface area (Å²) in [6.07, 6.45) is -0.756. The maximum atomic E-state index is 14.2. The van der Waals surface area contributed by atoms with E-state index >= 15 is 0 Å². The van der Waals surface area contributed by atoms with Crippen molar-refractivity contribution >= 4 is 23.4 Å². The van der Waals surface area contributed by atoms with Crippen LogP contribution in [-0.2, 0) is 9.53 Å². The number of piperazine rings is 1. The molecule has 0 aromatic heterocycles. The van der Waals surface area contributed by atoms with Gasteiger partial charge in [-0.1, -0.05) is 0 Å². The normalized spacial score (nSPS) is 17.8. The van der Waals surface area contributed by atoms with E-state index < -0.39 is 40.1 Å². The van der Waals surface area contributed by atoms with Gasteiger partial charge in [0.1, 0.15) is 11.6 Å².